The summed E-state index contributed by atoms with van der Waals surface area (Å²) >= 11 is 1.76. The summed E-state index contributed by atoms with van der Waals surface area (Å²) in [5.74, 6) is 3.73. The summed E-state index contributed by atoms with van der Waals surface area (Å²) in [4.78, 5) is 40.5. The predicted molar refractivity (Wildman–Crippen MR) is 147 cm³/mol. The highest BCUT2D eigenvalue weighted by atomic mass is 32.1. The van der Waals surface area contributed by atoms with Crippen LogP contribution in [0.3, 0.4) is 0 Å². The van der Waals surface area contributed by atoms with Gasteiger partial charge in [0.2, 0.25) is 5.91 Å². The first-order valence-electron chi connectivity index (χ1n) is 15.1. The van der Waals surface area contributed by atoms with Crippen LogP contribution < -0.4 is 5.32 Å². The van der Waals surface area contributed by atoms with Gasteiger partial charge in [-0.2, -0.15) is 0 Å². The van der Waals surface area contributed by atoms with E-state index in [1.165, 1.54) is 30.6 Å². The Morgan fingerprint density at radius 3 is 2.54 bits per heavy atom. The molecule has 202 valence electrons. The first-order valence-corrected chi connectivity index (χ1v) is 16.0. The van der Waals surface area contributed by atoms with Crippen LogP contribution >= 0.6 is 11.3 Å². The summed E-state index contributed by atoms with van der Waals surface area (Å²) < 4.78 is 0. The molecule has 5 heteroatoms. The lowest BCUT2D eigenvalue weighted by Crippen LogP contribution is -2.57. The summed E-state index contributed by atoms with van der Waals surface area (Å²) in [6.07, 6.45) is 11.7. The maximum atomic E-state index is 13.6. The average molecular weight is 524 g/mol. The number of thiophene rings is 1. The summed E-state index contributed by atoms with van der Waals surface area (Å²) in [7, 11) is 0. The molecule has 9 atom stereocenters. The van der Waals surface area contributed by atoms with Gasteiger partial charge in [-0.15, -0.1) is 11.3 Å². The van der Waals surface area contributed by atoms with E-state index in [0.717, 1.165) is 25.7 Å². The van der Waals surface area contributed by atoms with Crippen molar-refractivity contribution in [2.24, 2.45) is 52.3 Å². The number of amides is 1. The highest BCUT2D eigenvalue weighted by Crippen LogP contribution is 2.67. The number of hydrogen-bond acceptors (Lipinski definition) is 4. The van der Waals surface area contributed by atoms with Crippen molar-refractivity contribution in [2.45, 2.75) is 104 Å². The Morgan fingerprint density at radius 2 is 1.84 bits per heavy atom. The van der Waals surface area contributed by atoms with Gasteiger partial charge in [0.05, 0.1) is 6.04 Å². The molecule has 5 aliphatic rings. The molecule has 1 heterocycles. The Balaban J connectivity index is 1.15. The lowest BCUT2D eigenvalue weighted by atomic mass is 9.44. The van der Waals surface area contributed by atoms with Gasteiger partial charge in [0.1, 0.15) is 11.6 Å². The van der Waals surface area contributed by atoms with E-state index in [1.54, 1.807) is 11.3 Å². The summed E-state index contributed by atoms with van der Waals surface area (Å²) in [5, 5.41) is 5.56. The number of ketones is 2. The topological polar surface area (TPSA) is 63.2 Å². The molecule has 1 aromatic heterocycles. The average Bonchev–Trinajstić information content (AvgIpc) is 3.46. The minimum Gasteiger partial charge on any atom is -0.348 e. The maximum Gasteiger partial charge on any atom is 0.220 e. The van der Waals surface area contributed by atoms with Crippen LogP contribution in [-0.2, 0) is 14.4 Å². The van der Waals surface area contributed by atoms with E-state index in [1.807, 2.05) is 0 Å². The third-order valence-electron chi connectivity index (χ3n) is 12.3. The van der Waals surface area contributed by atoms with Gasteiger partial charge in [-0.1, -0.05) is 33.3 Å². The van der Waals surface area contributed by atoms with E-state index >= 15 is 0 Å². The molecule has 6 rings (SSSR count). The lowest BCUT2D eigenvalue weighted by Gasteiger charge is -2.59. The van der Waals surface area contributed by atoms with Gasteiger partial charge in [-0.25, -0.2) is 0 Å². The number of hydrogen-bond donors (Lipinski definition) is 1. The molecule has 0 bridgehead atoms. The van der Waals surface area contributed by atoms with Crippen LogP contribution in [0.1, 0.15) is 109 Å². The van der Waals surface area contributed by atoms with E-state index in [2.05, 4.69) is 43.6 Å². The number of nitrogens with one attached hydrogen (secondary N) is 1. The lowest BCUT2D eigenvalue weighted by molar-refractivity contribution is -0.159. The zero-order valence-corrected chi connectivity index (χ0v) is 23.8. The van der Waals surface area contributed by atoms with E-state index in [4.69, 9.17) is 0 Å². The molecule has 1 aromatic rings. The zero-order valence-electron chi connectivity index (χ0n) is 23.0. The minimum absolute atomic E-state index is 0.144. The predicted octanol–water partition coefficient (Wildman–Crippen LogP) is 7.14. The zero-order chi connectivity index (χ0) is 25.9. The fourth-order valence-electron chi connectivity index (χ4n) is 10.0. The van der Waals surface area contributed by atoms with Crippen LogP contribution in [0, 0.1) is 52.3 Å². The van der Waals surface area contributed by atoms with Crippen LogP contribution in [0.2, 0.25) is 0 Å². The Morgan fingerprint density at radius 1 is 1.05 bits per heavy atom. The molecule has 1 amide bonds. The molecule has 0 radical (unpaired) electrons. The van der Waals surface area contributed by atoms with Crippen LogP contribution in [0.5, 0.6) is 0 Å². The molecule has 0 aromatic carbocycles. The molecule has 37 heavy (non-hydrogen) atoms. The number of Topliss-reactive ketones (excluding diaryl/α,β-unsaturated/α-hetero) is 2. The number of fused-ring (bicyclic) bond motifs is 5. The monoisotopic (exact) mass is 523 g/mol. The Kier molecular flexibility index (Phi) is 6.69. The number of carbonyl (C=O) groups excluding carboxylic acids is 3. The molecular formula is C32H45NO3S. The highest BCUT2D eigenvalue weighted by Gasteiger charge is 2.63. The number of rotatable bonds is 6. The summed E-state index contributed by atoms with van der Waals surface area (Å²) in [5.41, 5.74) is 0.293. The fourth-order valence-corrected chi connectivity index (χ4v) is 10.9. The third kappa shape index (κ3) is 4.26. The fraction of sp³-hybridized carbons (Fsp3) is 0.781. The van der Waals surface area contributed by atoms with Crippen molar-refractivity contribution in [1.82, 2.24) is 5.32 Å². The normalized spacial score (nSPS) is 41.2. The molecule has 0 saturated heterocycles. The van der Waals surface area contributed by atoms with Gasteiger partial charge in [-0.05, 0) is 103 Å². The third-order valence-corrected chi connectivity index (χ3v) is 13.3. The van der Waals surface area contributed by atoms with Crippen molar-refractivity contribution in [3.05, 3.63) is 22.4 Å². The van der Waals surface area contributed by atoms with E-state index < -0.39 is 0 Å². The van der Waals surface area contributed by atoms with Gasteiger partial charge in [0, 0.05) is 36.5 Å². The first kappa shape index (κ1) is 25.8. The SMILES string of the molecule is C[C@H](CC(=O)NC(c1cccs1)C1CCC1)C1CC[C@H]2C3C(=O)CC4CC(=O)CCC4(C)[C@H]3CCC12C. The summed E-state index contributed by atoms with van der Waals surface area (Å²) in [6.45, 7) is 7.15. The Labute approximate surface area is 226 Å². The van der Waals surface area contributed by atoms with Crippen LogP contribution in [0.15, 0.2) is 17.5 Å². The molecule has 5 saturated carbocycles. The molecule has 4 nitrogen and oxygen atoms in total. The van der Waals surface area contributed by atoms with Crippen molar-refractivity contribution < 1.29 is 14.4 Å². The molecule has 0 aliphatic heterocycles. The van der Waals surface area contributed by atoms with Crippen molar-refractivity contribution >= 4 is 28.8 Å². The van der Waals surface area contributed by atoms with E-state index in [-0.39, 0.29) is 34.6 Å². The molecule has 5 aliphatic carbocycles. The van der Waals surface area contributed by atoms with Gasteiger partial charge >= 0.3 is 0 Å². The van der Waals surface area contributed by atoms with E-state index in [9.17, 15) is 14.4 Å². The van der Waals surface area contributed by atoms with Gasteiger partial charge in [0.25, 0.3) is 0 Å². The maximum absolute atomic E-state index is 13.6. The Hall–Kier alpha value is -1.49. The second-order valence-electron chi connectivity index (χ2n) is 14.0. The Bertz CT molecular complexity index is 1050. The van der Waals surface area contributed by atoms with Crippen LogP contribution in [0.25, 0.3) is 0 Å². The van der Waals surface area contributed by atoms with Crippen molar-refractivity contribution in [1.29, 1.82) is 0 Å². The molecule has 0 spiro atoms. The molecular weight excluding hydrogens is 478 g/mol. The van der Waals surface area contributed by atoms with Gasteiger partial charge in [0.15, 0.2) is 0 Å². The van der Waals surface area contributed by atoms with Crippen LogP contribution in [-0.4, -0.2) is 17.5 Å². The molecule has 5 fully saturated rings. The summed E-state index contributed by atoms with van der Waals surface area (Å²) in [6, 6.07) is 4.44. The quantitative estimate of drug-likeness (QED) is 0.431. The smallest absolute Gasteiger partial charge is 0.220 e. The van der Waals surface area contributed by atoms with Gasteiger partial charge in [-0.3, -0.25) is 14.4 Å². The van der Waals surface area contributed by atoms with Crippen molar-refractivity contribution in [3.8, 4) is 0 Å². The second kappa shape index (κ2) is 9.61. The second-order valence-corrected chi connectivity index (χ2v) is 15.0. The largest absolute Gasteiger partial charge is 0.348 e. The van der Waals surface area contributed by atoms with E-state index in [0.29, 0.717) is 66.8 Å². The molecule has 1 N–H and O–H groups in total. The van der Waals surface area contributed by atoms with Gasteiger partial charge < -0.3 is 5.32 Å². The molecule has 6 unspecified atom stereocenters. The van der Waals surface area contributed by atoms with Crippen LogP contribution in [0.4, 0.5) is 0 Å². The number of carbonyl (C=O) groups is 3. The standard InChI is InChI=1S/C32H45NO3S/c1-19(16-28(36)33-30(20-6-4-7-20)27-8-5-15-37-27)23-9-10-24-29-25(12-14-32(23,24)3)31(2)13-11-22(34)17-21(31)18-26(29)35/h5,8,15,19-21,23-25,29-30H,4,6-7,9-14,16-18H2,1-3H3,(H,33,36)/t19-,21?,23?,24+,25+,29?,30?,31?,32?/m1/s1. The van der Waals surface area contributed by atoms with Crippen molar-refractivity contribution in [3.63, 3.8) is 0 Å². The van der Waals surface area contributed by atoms with Crippen molar-refractivity contribution in [2.75, 3.05) is 0 Å². The minimum atomic E-state index is 0.144. The first-order chi connectivity index (χ1) is 17.7. The highest BCUT2D eigenvalue weighted by molar-refractivity contribution is 7.10.